The highest BCUT2D eigenvalue weighted by atomic mass is 19.1. The van der Waals surface area contributed by atoms with Crippen molar-refractivity contribution in [1.29, 1.82) is 0 Å². The number of nitrogens with zero attached hydrogens (tertiary/aromatic N) is 2. The second-order valence-corrected chi connectivity index (χ2v) is 9.88. The molecule has 202 valence electrons. The van der Waals surface area contributed by atoms with Crippen LogP contribution in [-0.2, 0) is 6.54 Å². The summed E-state index contributed by atoms with van der Waals surface area (Å²) in [5.74, 6) is 0.526. The van der Waals surface area contributed by atoms with E-state index in [0.29, 0.717) is 18.2 Å². The van der Waals surface area contributed by atoms with Gasteiger partial charge in [0.05, 0.1) is 27.4 Å². The third kappa shape index (κ3) is 5.84. The molecule has 1 fully saturated rings. The Morgan fingerprint density at radius 2 is 1.50 bits per heavy atom. The highest BCUT2D eigenvalue weighted by molar-refractivity contribution is 5.47. The van der Waals surface area contributed by atoms with Gasteiger partial charge in [-0.1, -0.05) is 56.3 Å². The number of ether oxygens (including phenoxy) is 3. The molecule has 0 saturated carbocycles. The van der Waals surface area contributed by atoms with Crippen LogP contribution in [0.2, 0.25) is 0 Å². The standard InChI is InChI=1S/C31H37FN2O4/c1-21(2)23-11-12-24(30(35)27(19-23)37-4)20-33-15-17-34(18-16-33)29(22-9-7-6-8-10-22)25-13-14-26(36-3)28(32)31(25)38-5/h6-14,19,21,29H,15-18,20H2,1-5H3. The molecule has 1 saturated heterocycles. The maximum Gasteiger partial charge on any atom is 0.224 e. The first kappa shape index (κ1) is 27.6. The first-order chi connectivity index (χ1) is 18.4. The Balaban J connectivity index is 1.59. The van der Waals surface area contributed by atoms with E-state index >= 15 is 4.39 Å². The predicted molar refractivity (Wildman–Crippen MR) is 148 cm³/mol. The maximum absolute atomic E-state index is 15.2. The van der Waals surface area contributed by atoms with Crippen molar-refractivity contribution < 1.29 is 18.6 Å². The van der Waals surface area contributed by atoms with Crippen LogP contribution in [0.5, 0.6) is 17.2 Å². The van der Waals surface area contributed by atoms with Gasteiger partial charge >= 0.3 is 0 Å². The number of rotatable bonds is 9. The van der Waals surface area contributed by atoms with Gasteiger partial charge in [-0.15, -0.1) is 0 Å². The Hall–Kier alpha value is -3.42. The van der Waals surface area contributed by atoms with E-state index in [9.17, 15) is 4.79 Å². The molecule has 0 amide bonds. The van der Waals surface area contributed by atoms with Gasteiger partial charge in [0.25, 0.3) is 0 Å². The normalized spacial score (nSPS) is 15.3. The Morgan fingerprint density at radius 3 is 2.11 bits per heavy atom. The molecule has 6 nitrogen and oxygen atoms in total. The topological polar surface area (TPSA) is 51.2 Å². The quantitative estimate of drug-likeness (QED) is 0.385. The monoisotopic (exact) mass is 520 g/mol. The van der Waals surface area contributed by atoms with E-state index in [1.807, 2.05) is 42.5 Å². The summed E-state index contributed by atoms with van der Waals surface area (Å²) in [7, 11) is 4.48. The van der Waals surface area contributed by atoms with Gasteiger partial charge in [-0.25, -0.2) is 0 Å². The second-order valence-electron chi connectivity index (χ2n) is 9.88. The van der Waals surface area contributed by atoms with Gasteiger partial charge in [-0.2, -0.15) is 4.39 Å². The number of hydrogen-bond acceptors (Lipinski definition) is 6. The molecular formula is C31H37FN2O4. The lowest BCUT2D eigenvalue weighted by atomic mass is 9.95. The van der Waals surface area contributed by atoms with Gasteiger partial charge in [0.2, 0.25) is 11.2 Å². The first-order valence-corrected chi connectivity index (χ1v) is 13.0. The van der Waals surface area contributed by atoms with Crippen molar-refractivity contribution in [1.82, 2.24) is 9.80 Å². The minimum Gasteiger partial charge on any atom is -0.494 e. The van der Waals surface area contributed by atoms with Crippen LogP contribution in [0, 0.1) is 5.82 Å². The SMILES string of the molecule is COc1ccc(C(c2ccccc2)N2CCN(Cc3ccc(C(C)C)cc(OC)c3=O)CC2)c(OC)c1F. The average molecular weight is 521 g/mol. The van der Waals surface area contributed by atoms with E-state index in [0.717, 1.165) is 48.4 Å². The molecule has 0 aromatic heterocycles. The van der Waals surface area contributed by atoms with Gasteiger partial charge < -0.3 is 14.2 Å². The number of benzene rings is 2. The van der Waals surface area contributed by atoms with Crippen LogP contribution in [0.4, 0.5) is 4.39 Å². The minimum absolute atomic E-state index is 0.0672. The van der Waals surface area contributed by atoms with Crippen LogP contribution < -0.4 is 19.6 Å². The molecule has 3 aromatic rings. The summed E-state index contributed by atoms with van der Waals surface area (Å²) in [5, 5.41) is 0. The number of hydrogen-bond donors (Lipinski definition) is 0. The Labute approximate surface area is 224 Å². The molecule has 0 radical (unpaired) electrons. The molecule has 1 atom stereocenters. The van der Waals surface area contributed by atoms with E-state index in [1.165, 1.54) is 14.2 Å². The fraction of sp³-hybridized carbons (Fsp3) is 0.387. The van der Waals surface area contributed by atoms with Gasteiger partial charge in [0.1, 0.15) is 0 Å². The Kier molecular flexibility index (Phi) is 9.02. The van der Waals surface area contributed by atoms with Crippen molar-refractivity contribution in [3.8, 4) is 17.2 Å². The van der Waals surface area contributed by atoms with Crippen LogP contribution >= 0.6 is 0 Å². The van der Waals surface area contributed by atoms with E-state index in [2.05, 4.69) is 35.8 Å². The average Bonchev–Trinajstić information content (AvgIpc) is 3.09. The molecule has 4 rings (SSSR count). The molecule has 7 heteroatoms. The Bertz CT molecular complexity index is 1290. The van der Waals surface area contributed by atoms with Gasteiger partial charge in [-0.05, 0) is 35.2 Å². The fourth-order valence-corrected chi connectivity index (χ4v) is 5.11. The van der Waals surface area contributed by atoms with Crippen LogP contribution in [0.25, 0.3) is 0 Å². The predicted octanol–water partition coefficient (Wildman–Crippen LogP) is 5.24. The van der Waals surface area contributed by atoms with Gasteiger partial charge in [0, 0.05) is 43.9 Å². The van der Waals surface area contributed by atoms with Crippen molar-refractivity contribution in [2.24, 2.45) is 0 Å². The van der Waals surface area contributed by atoms with Crippen LogP contribution in [0.3, 0.4) is 0 Å². The van der Waals surface area contributed by atoms with E-state index in [4.69, 9.17) is 14.2 Å². The van der Waals surface area contributed by atoms with Gasteiger partial charge in [0.15, 0.2) is 17.2 Å². The lowest BCUT2D eigenvalue weighted by Crippen LogP contribution is -2.47. The number of piperazine rings is 1. The fourth-order valence-electron chi connectivity index (χ4n) is 5.11. The van der Waals surface area contributed by atoms with Crippen LogP contribution in [0.1, 0.15) is 48.1 Å². The molecule has 3 aromatic carbocycles. The van der Waals surface area contributed by atoms with E-state index in [1.54, 1.807) is 13.2 Å². The van der Waals surface area contributed by atoms with Crippen LogP contribution in [0.15, 0.2) is 65.5 Å². The minimum atomic E-state index is -0.498. The number of methoxy groups -OCH3 is 3. The molecule has 1 unspecified atom stereocenters. The molecule has 1 aliphatic heterocycles. The highest BCUT2D eigenvalue weighted by Crippen LogP contribution is 2.39. The maximum atomic E-state index is 15.2. The molecule has 0 bridgehead atoms. The summed E-state index contributed by atoms with van der Waals surface area (Å²) in [6.45, 7) is 7.78. The number of halogens is 1. The summed E-state index contributed by atoms with van der Waals surface area (Å²) in [6.07, 6.45) is 0. The molecule has 38 heavy (non-hydrogen) atoms. The summed E-state index contributed by atoms with van der Waals surface area (Å²) < 4.78 is 31.3. The summed E-state index contributed by atoms with van der Waals surface area (Å²) in [5.41, 5.74) is 3.55. The Morgan fingerprint density at radius 1 is 0.816 bits per heavy atom. The van der Waals surface area contributed by atoms with E-state index in [-0.39, 0.29) is 23.0 Å². The zero-order valence-corrected chi connectivity index (χ0v) is 22.9. The van der Waals surface area contributed by atoms with E-state index < -0.39 is 5.82 Å². The lowest BCUT2D eigenvalue weighted by molar-refractivity contribution is 0.103. The summed E-state index contributed by atoms with van der Waals surface area (Å²) >= 11 is 0. The zero-order valence-electron chi connectivity index (χ0n) is 22.9. The molecule has 1 aliphatic rings. The third-order valence-electron chi connectivity index (χ3n) is 7.27. The molecule has 0 N–H and O–H groups in total. The summed E-state index contributed by atoms with van der Waals surface area (Å²) in [6, 6.07) is 19.2. The largest absolute Gasteiger partial charge is 0.494 e. The smallest absolute Gasteiger partial charge is 0.224 e. The molecular weight excluding hydrogens is 483 g/mol. The van der Waals surface area contributed by atoms with Crippen molar-refractivity contribution in [3.05, 3.63) is 99.0 Å². The van der Waals surface area contributed by atoms with Crippen molar-refractivity contribution in [2.75, 3.05) is 47.5 Å². The molecule has 0 aliphatic carbocycles. The van der Waals surface area contributed by atoms with Crippen molar-refractivity contribution in [3.63, 3.8) is 0 Å². The first-order valence-electron chi connectivity index (χ1n) is 13.0. The van der Waals surface area contributed by atoms with Crippen LogP contribution in [-0.4, -0.2) is 57.3 Å². The zero-order chi connectivity index (χ0) is 27.2. The molecule has 0 spiro atoms. The second kappa shape index (κ2) is 12.4. The molecule has 1 heterocycles. The highest BCUT2D eigenvalue weighted by Gasteiger charge is 2.30. The van der Waals surface area contributed by atoms with Gasteiger partial charge in [-0.3, -0.25) is 14.6 Å². The lowest BCUT2D eigenvalue weighted by Gasteiger charge is -2.40. The third-order valence-corrected chi connectivity index (χ3v) is 7.27. The van der Waals surface area contributed by atoms with Crippen molar-refractivity contribution in [2.45, 2.75) is 32.4 Å². The summed E-state index contributed by atoms with van der Waals surface area (Å²) in [4.78, 5) is 17.8. The van der Waals surface area contributed by atoms with Crippen molar-refractivity contribution >= 4 is 0 Å².